The highest BCUT2D eigenvalue weighted by Crippen LogP contribution is 2.41. The van der Waals surface area contributed by atoms with Crippen LogP contribution in [0, 0.1) is 0 Å². The summed E-state index contributed by atoms with van der Waals surface area (Å²) in [6.07, 6.45) is -1.93. The Balaban J connectivity index is 1.33. The Bertz CT molecular complexity index is 1540. The lowest BCUT2D eigenvalue weighted by Crippen LogP contribution is -2.59. The van der Waals surface area contributed by atoms with Crippen LogP contribution in [-0.2, 0) is 27.2 Å². The van der Waals surface area contributed by atoms with E-state index in [2.05, 4.69) is 10.6 Å². The number of para-hydroxylation sites is 1. The number of hydrogen-bond acceptors (Lipinski definition) is 7. The average Bonchev–Trinajstić information content (AvgIpc) is 3.50. The van der Waals surface area contributed by atoms with Crippen molar-refractivity contribution in [2.45, 2.75) is 61.8 Å². The van der Waals surface area contributed by atoms with Gasteiger partial charge in [0.25, 0.3) is 11.8 Å². The number of nitrogens with one attached hydrogen (secondary N) is 2. The smallest absolute Gasteiger partial charge is 0.258 e. The quantitative estimate of drug-likeness (QED) is 0.257. The van der Waals surface area contributed by atoms with Gasteiger partial charge in [-0.2, -0.15) is 0 Å². The van der Waals surface area contributed by atoms with Crippen LogP contribution in [0.25, 0.3) is 0 Å². The van der Waals surface area contributed by atoms with Crippen LogP contribution in [0.15, 0.2) is 72.8 Å². The second-order valence-electron chi connectivity index (χ2n) is 11.7. The number of aliphatic hydroxyl groups excluding tert-OH is 2. The fraction of sp³-hybridized carbons (Fsp3) is 0.364. The molecule has 3 aromatic rings. The summed E-state index contributed by atoms with van der Waals surface area (Å²) in [5, 5.41) is 28.4. The van der Waals surface area contributed by atoms with Crippen LogP contribution >= 0.6 is 35.0 Å². The first-order valence-electron chi connectivity index (χ1n) is 14.5. The molecule has 3 aromatic carbocycles. The third kappa shape index (κ3) is 7.42. The molecule has 3 amide bonds. The number of benzene rings is 3. The Kier molecular flexibility index (Phi) is 10.3. The maximum Gasteiger partial charge on any atom is 0.258 e. The fourth-order valence-corrected chi connectivity index (χ4v) is 7.50. The third-order valence-corrected chi connectivity index (χ3v) is 10.1. The predicted octanol–water partition coefficient (Wildman–Crippen LogP) is 3.92. The molecule has 5 unspecified atom stereocenters. The Morgan fingerprint density at radius 3 is 2.40 bits per heavy atom. The summed E-state index contributed by atoms with van der Waals surface area (Å²) in [6, 6.07) is 18.9. The highest BCUT2D eigenvalue weighted by molar-refractivity contribution is 8.00. The van der Waals surface area contributed by atoms with Crippen molar-refractivity contribution >= 4 is 52.7 Å². The molecule has 1 heterocycles. The molecular formula is C33H35Cl2N3O6S. The molecule has 238 valence electrons. The maximum atomic E-state index is 13.9. The summed E-state index contributed by atoms with van der Waals surface area (Å²) < 4.78 is 4.87. The average molecular weight is 673 g/mol. The summed E-state index contributed by atoms with van der Waals surface area (Å²) in [6.45, 7) is 3.26. The highest BCUT2D eigenvalue weighted by Gasteiger charge is 2.50. The fourth-order valence-electron chi connectivity index (χ4n) is 5.85. The van der Waals surface area contributed by atoms with Gasteiger partial charge in [0.15, 0.2) is 18.5 Å². The zero-order valence-electron chi connectivity index (χ0n) is 24.8. The molecule has 0 saturated carbocycles. The minimum Gasteiger partial charge on any atom is -0.481 e. The maximum absolute atomic E-state index is 13.9. The standard InChI is InChI=1S/C33H35Cl2N3O6S/c1-33(2)30(31(42)37-27-21-12-7-6-11-20(21)16-25(27)39)38(18-45-33)32(43)28(41)24(15-19-9-4-3-5-10-19)36-26(40)17-44-29-22(34)13-8-14-23(29)35/h3-14,24-25,27-28,30,39,41H,15-18H2,1-2H3,(H,36,40)(H,37,42). The van der Waals surface area contributed by atoms with Crippen molar-refractivity contribution in [1.29, 1.82) is 0 Å². The lowest BCUT2D eigenvalue weighted by atomic mass is 9.96. The van der Waals surface area contributed by atoms with Crippen molar-refractivity contribution in [1.82, 2.24) is 15.5 Å². The van der Waals surface area contributed by atoms with E-state index < -0.39 is 59.4 Å². The largest absolute Gasteiger partial charge is 0.481 e. The van der Waals surface area contributed by atoms with E-state index in [1.807, 2.05) is 68.4 Å². The number of fused-ring (bicyclic) bond motifs is 1. The third-order valence-electron chi connectivity index (χ3n) is 8.12. The van der Waals surface area contributed by atoms with E-state index in [0.717, 1.165) is 16.7 Å². The molecule has 12 heteroatoms. The normalized spacial score (nSPS) is 21.5. The van der Waals surface area contributed by atoms with Crippen molar-refractivity contribution < 1.29 is 29.3 Å². The van der Waals surface area contributed by atoms with Gasteiger partial charge in [0.1, 0.15) is 6.04 Å². The Morgan fingerprint density at radius 2 is 1.69 bits per heavy atom. The monoisotopic (exact) mass is 671 g/mol. The minimum absolute atomic E-state index is 0.138. The van der Waals surface area contributed by atoms with E-state index in [9.17, 15) is 24.6 Å². The van der Waals surface area contributed by atoms with Gasteiger partial charge in [-0.05, 0) is 49.1 Å². The zero-order chi connectivity index (χ0) is 32.3. The van der Waals surface area contributed by atoms with Crippen molar-refractivity contribution in [3.63, 3.8) is 0 Å². The molecule has 45 heavy (non-hydrogen) atoms. The van der Waals surface area contributed by atoms with E-state index in [-0.39, 0.29) is 28.1 Å². The van der Waals surface area contributed by atoms with Crippen molar-refractivity contribution in [3.05, 3.63) is 99.5 Å². The zero-order valence-corrected chi connectivity index (χ0v) is 27.1. The molecule has 0 aromatic heterocycles. The number of carbonyl (C=O) groups is 3. The van der Waals surface area contributed by atoms with Crippen molar-refractivity contribution in [3.8, 4) is 5.75 Å². The first-order valence-corrected chi connectivity index (χ1v) is 16.3. The number of amides is 3. The molecule has 2 aliphatic rings. The van der Waals surface area contributed by atoms with Crippen molar-refractivity contribution in [2.75, 3.05) is 12.5 Å². The molecule has 5 atom stereocenters. The van der Waals surface area contributed by atoms with Crippen LogP contribution < -0.4 is 15.4 Å². The number of halogens is 2. The topological polar surface area (TPSA) is 128 Å². The molecule has 1 fully saturated rings. The summed E-state index contributed by atoms with van der Waals surface area (Å²) in [4.78, 5) is 42.1. The molecule has 1 saturated heterocycles. The molecule has 0 spiro atoms. The number of nitrogens with zero attached hydrogens (tertiary/aromatic N) is 1. The van der Waals surface area contributed by atoms with E-state index in [1.54, 1.807) is 18.2 Å². The Labute approximate surface area is 276 Å². The Hall–Kier alpha value is -3.28. The summed E-state index contributed by atoms with van der Waals surface area (Å²) >= 11 is 13.7. The van der Waals surface area contributed by atoms with E-state index in [0.29, 0.717) is 6.42 Å². The van der Waals surface area contributed by atoms with Gasteiger partial charge in [-0.1, -0.05) is 83.9 Å². The number of hydrogen-bond donors (Lipinski definition) is 4. The van der Waals surface area contributed by atoms with Crippen LogP contribution in [0.2, 0.25) is 10.0 Å². The molecular weight excluding hydrogens is 637 g/mol. The van der Waals surface area contributed by atoms with Gasteiger partial charge in [-0.15, -0.1) is 11.8 Å². The van der Waals surface area contributed by atoms with Gasteiger partial charge in [0, 0.05) is 11.2 Å². The Morgan fingerprint density at radius 1 is 1.02 bits per heavy atom. The first kappa shape index (κ1) is 33.1. The van der Waals surface area contributed by atoms with E-state index in [1.165, 1.54) is 16.7 Å². The molecule has 1 aliphatic carbocycles. The highest BCUT2D eigenvalue weighted by atomic mass is 35.5. The molecule has 9 nitrogen and oxygen atoms in total. The van der Waals surface area contributed by atoms with Crippen LogP contribution in [0.4, 0.5) is 0 Å². The lowest BCUT2D eigenvalue weighted by Gasteiger charge is -2.34. The van der Waals surface area contributed by atoms with Crippen LogP contribution in [0.5, 0.6) is 5.75 Å². The van der Waals surface area contributed by atoms with Gasteiger partial charge in [0.2, 0.25) is 5.91 Å². The van der Waals surface area contributed by atoms with Gasteiger partial charge in [-0.3, -0.25) is 14.4 Å². The van der Waals surface area contributed by atoms with Gasteiger partial charge in [0.05, 0.1) is 34.1 Å². The number of carbonyl (C=O) groups excluding carboxylic acids is 3. The van der Waals surface area contributed by atoms with E-state index >= 15 is 0 Å². The summed E-state index contributed by atoms with van der Waals surface area (Å²) in [7, 11) is 0. The molecule has 4 N–H and O–H groups in total. The minimum atomic E-state index is -1.68. The summed E-state index contributed by atoms with van der Waals surface area (Å²) in [5.74, 6) is -1.42. The van der Waals surface area contributed by atoms with Gasteiger partial charge >= 0.3 is 0 Å². The predicted molar refractivity (Wildman–Crippen MR) is 174 cm³/mol. The second kappa shape index (κ2) is 14.0. The number of thioether (sulfide) groups is 1. The van der Waals surface area contributed by atoms with E-state index in [4.69, 9.17) is 27.9 Å². The lowest BCUT2D eigenvalue weighted by molar-refractivity contribution is -0.148. The molecule has 0 radical (unpaired) electrons. The second-order valence-corrected chi connectivity index (χ2v) is 14.1. The number of aliphatic hydroxyl groups is 2. The molecule has 0 bridgehead atoms. The van der Waals surface area contributed by atoms with Gasteiger partial charge in [-0.25, -0.2) is 0 Å². The molecule has 1 aliphatic heterocycles. The summed E-state index contributed by atoms with van der Waals surface area (Å²) in [5.41, 5.74) is 2.58. The van der Waals surface area contributed by atoms with Crippen molar-refractivity contribution in [2.24, 2.45) is 0 Å². The van der Waals surface area contributed by atoms with Crippen LogP contribution in [0.1, 0.15) is 36.6 Å². The van der Waals surface area contributed by atoms with Gasteiger partial charge < -0.3 is 30.5 Å². The molecule has 5 rings (SSSR count). The number of rotatable bonds is 10. The number of ether oxygens (including phenoxy) is 1. The van der Waals surface area contributed by atoms with Crippen LogP contribution in [0.3, 0.4) is 0 Å². The van der Waals surface area contributed by atoms with Crippen LogP contribution in [-0.4, -0.2) is 74.4 Å². The first-order chi connectivity index (χ1) is 21.5. The SMILES string of the molecule is CC1(C)SCN(C(=O)C(O)C(Cc2ccccc2)NC(=O)COc2c(Cl)cccc2Cl)C1C(=O)NC1c2ccccc2CC1O.